The van der Waals surface area contributed by atoms with Crippen LogP contribution in [0, 0.1) is 0 Å². The molecule has 0 aromatic heterocycles. The van der Waals surface area contributed by atoms with E-state index >= 15 is 0 Å². The molecule has 0 radical (unpaired) electrons. The van der Waals surface area contributed by atoms with Crippen LogP contribution < -0.4 is 5.73 Å². The van der Waals surface area contributed by atoms with Crippen molar-refractivity contribution in [2.24, 2.45) is 5.73 Å². The molecule has 74 valence electrons. The first-order chi connectivity index (χ1) is 6.18. The topological polar surface area (TPSA) is 49.6 Å². The molecule has 1 amide bonds. The lowest BCUT2D eigenvalue weighted by molar-refractivity contribution is -0.140. The molecule has 0 aromatic carbocycles. The minimum atomic E-state index is 0.124. The molecule has 2 fully saturated rings. The molecule has 2 aliphatic heterocycles. The molecule has 4 nitrogen and oxygen atoms in total. The van der Waals surface area contributed by atoms with E-state index in [1.165, 1.54) is 0 Å². The van der Waals surface area contributed by atoms with Crippen molar-refractivity contribution >= 4 is 5.91 Å². The summed E-state index contributed by atoms with van der Waals surface area (Å²) < 4.78 is 0. The van der Waals surface area contributed by atoms with E-state index in [9.17, 15) is 4.79 Å². The Morgan fingerprint density at radius 1 is 1.46 bits per heavy atom. The maximum absolute atomic E-state index is 11.7. The van der Waals surface area contributed by atoms with Crippen molar-refractivity contribution in [1.82, 2.24) is 9.80 Å². The molecular formula is C9H17N3O. The molecule has 2 aliphatic rings. The van der Waals surface area contributed by atoms with E-state index in [0.717, 1.165) is 32.5 Å². The molecule has 2 heterocycles. The fourth-order valence-corrected chi connectivity index (χ4v) is 2.15. The number of hydrogen-bond donors (Lipinski definition) is 1. The molecule has 0 spiro atoms. The van der Waals surface area contributed by atoms with Crippen molar-refractivity contribution in [1.29, 1.82) is 0 Å². The Balaban J connectivity index is 1.94. The number of nitrogens with zero attached hydrogens (tertiary/aromatic N) is 2. The second-order valence-corrected chi connectivity index (χ2v) is 4.13. The Hall–Kier alpha value is -0.610. The van der Waals surface area contributed by atoms with E-state index in [4.69, 9.17) is 5.73 Å². The average Bonchev–Trinajstić information content (AvgIpc) is 2.05. The number of carbonyl (C=O) groups is 1. The molecule has 1 atom stereocenters. The summed E-state index contributed by atoms with van der Waals surface area (Å²) >= 11 is 0. The molecule has 13 heavy (non-hydrogen) atoms. The van der Waals surface area contributed by atoms with Crippen LogP contribution in [0.3, 0.4) is 0 Å². The zero-order chi connectivity index (χ0) is 9.42. The summed E-state index contributed by atoms with van der Waals surface area (Å²) in [5.41, 5.74) is 5.69. The van der Waals surface area contributed by atoms with Gasteiger partial charge in [-0.1, -0.05) is 0 Å². The van der Waals surface area contributed by atoms with E-state index in [0.29, 0.717) is 6.04 Å². The summed E-state index contributed by atoms with van der Waals surface area (Å²) in [6.45, 7) is 2.70. The molecule has 0 aromatic rings. The maximum Gasteiger partial charge on any atom is 0.239 e. The number of nitrogens with two attached hydrogens (primary N) is 1. The first kappa shape index (κ1) is 8.97. The number of amides is 1. The second-order valence-electron chi connectivity index (χ2n) is 4.13. The van der Waals surface area contributed by atoms with Gasteiger partial charge in [0.05, 0.1) is 6.04 Å². The predicted octanol–water partition coefficient (Wildman–Crippen LogP) is -0.750. The third-order valence-electron chi connectivity index (χ3n) is 3.01. The molecule has 2 saturated heterocycles. The SMILES string of the molecule is CN1CCC[C@H](N2CC(N)C2)C1=O. The Kier molecular flexibility index (Phi) is 2.26. The standard InChI is InChI=1S/C9H17N3O/c1-11-4-2-3-8(9(11)13)12-5-7(10)6-12/h7-8H,2-6,10H2,1H3/t8-/m0/s1. The monoisotopic (exact) mass is 183 g/mol. The van der Waals surface area contributed by atoms with Gasteiger partial charge in [-0.15, -0.1) is 0 Å². The maximum atomic E-state index is 11.7. The van der Waals surface area contributed by atoms with Gasteiger partial charge in [0.15, 0.2) is 0 Å². The predicted molar refractivity (Wildman–Crippen MR) is 50.2 cm³/mol. The van der Waals surface area contributed by atoms with Crippen molar-refractivity contribution in [3.8, 4) is 0 Å². The molecule has 4 heteroatoms. The van der Waals surface area contributed by atoms with E-state index < -0.39 is 0 Å². The lowest BCUT2D eigenvalue weighted by Gasteiger charge is -2.44. The summed E-state index contributed by atoms with van der Waals surface area (Å²) in [7, 11) is 1.88. The van der Waals surface area contributed by atoms with Crippen LogP contribution in [0.25, 0.3) is 0 Å². The van der Waals surface area contributed by atoms with E-state index in [-0.39, 0.29) is 11.9 Å². The Labute approximate surface area is 78.7 Å². The average molecular weight is 183 g/mol. The normalized spacial score (nSPS) is 32.0. The van der Waals surface area contributed by atoms with Crippen molar-refractivity contribution in [2.75, 3.05) is 26.7 Å². The van der Waals surface area contributed by atoms with Crippen LogP contribution in [0.2, 0.25) is 0 Å². The van der Waals surface area contributed by atoms with Crippen molar-refractivity contribution < 1.29 is 4.79 Å². The smallest absolute Gasteiger partial charge is 0.239 e. The van der Waals surface area contributed by atoms with Crippen LogP contribution in [0.4, 0.5) is 0 Å². The molecule has 0 unspecified atom stereocenters. The van der Waals surface area contributed by atoms with Gasteiger partial charge in [-0.05, 0) is 12.8 Å². The third kappa shape index (κ3) is 1.56. The van der Waals surface area contributed by atoms with Crippen LogP contribution in [-0.4, -0.2) is 54.5 Å². The van der Waals surface area contributed by atoms with Crippen LogP contribution in [-0.2, 0) is 4.79 Å². The summed E-state index contributed by atoms with van der Waals surface area (Å²) in [6, 6.07) is 0.415. The number of piperidine rings is 1. The first-order valence-corrected chi connectivity index (χ1v) is 4.93. The van der Waals surface area contributed by atoms with Gasteiger partial charge in [0.25, 0.3) is 0 Å². The van der Waals surface area contributed by atoms with Gasteiger partial charge < -0.3 is 10.6 Å². The fourth-order valence-electron chi connectivity index (χ4n) is 2.15. The second kappa shape index (κ2) is 3.27. The number of carbonyl (C=O) groups excluding carboxylic acids is 1. The zero-order valence-corrected chi connectivity index (χ0v) is 8.07. The van der Waals surface area contributed by atoms with Crippen LogP contribution in [0.5, 0.6) is 0 Å². The van der Waals surface area contributed by atoms with E-state index in [2.05, 4.69) is 4.90 Å². The van der Waals surface area contributed by atoms with Crippen molar-refractivity contribution in [3.05, 3.63) is 0 Å². The molecule has 0 bridgehead atoms. The molecule has 2 N–H and O–H groups in total. The molecule has 0 saturated carbocycles. The highest BCUT2D eigenvalue weighted by molar-refractivity contribution is 5.82. The number of hydrogen-bond acceptors (Lipinski definition) is 3. The Morgan fingerprint density at radius 2 is 2.15 bits per heavy atom. The highest BCUT2D eigenvalue weighted by atomic mass is 16.2. The fraction of sp³-hybridized carbons (Fsp3) is 0.889. The van der Waals surface area contributed by atoms with Gasteiger partial charge in [0, 0.05) is 32.7 Å². The summed E-state index contributed by atoms with van der Waals surface area (Å²) in [4.78, 5) is 15.7. The van der Waals surface area contributed by atoms with Gasteiger partial charge in [-0.25, -0.2) is 0 Å². The Bertz CT molecular complexity index is 213. The largest absolute Gasteiger partial charge is 0.344 e. The lowest BCUT2D eigenvalue weighted by atomic mass is 9.98. The number of rotatable bonds is 1. The summed E-state index contributed by atoms with van der Waals surface area (Å²) in [5.74, 6) is 0.276. The number of likely N-dealkylation sites (N-methyl/N-ethyl adjacent to an activating group) is 1. The van der Waals surface area contributed by atoms with E-state index in [1.807, 2.05) is 11.9 Å². The van der Waals surface area contributed by atoms with Gasteiger partial charge in [-0.3, -0.25) is 9.69 Å². The van der Waals surface area contributed by atoms with Crippen molar-refractivity contribution in [3.63, 3.8) is 0 Å². The van der Waals surface area contributed by atoms with Gasteiger partial charge in [0.1, 0.15) is 0 Å². The van der Waals surface area contributed by atoms with Crippen LogP contribution >= 0.6 is 0 Å². The van der Waals surface area contributed by atoms with Crippen LogP contribution in [0.1, 0.15) is 12.8 Å². The van der Waals surface area contributed by atoms with Gasteiger partial charge in [0.2, 0.25) is 5.91 Å². The molecular weight excluding hydrogens is 166 g/mol. The highest BCUT2D eigenvalue weighted by Crippen LogP contribution is 2.20. The van der Waals surface area contributed by atoms with Crippen molar-refractivity contribution in [2.45, 2.75) is 24.9 Å². The molecule has 0 aliphatic carbocycles. The lowest BCUT2D eigenvalue weighted by Crippen LogP contribution is -2.63. The summed E-state index contributed by atoms with van der Waals surface area (Å²) in [6.07, 6.45) is 2.13. The number of likely N-dealkylation sites (tertiary alicyclic amines) is 2. The van der Waals surface area contributed by atoms with Gasteiger partial charge in [-0.2, -0.15) is 0 Å². The Morgan fingerprint density at radius 3 is 2.77 bits per heavy atom. The van der Waals surface area contributed by atoms with E-state index in [1.54, 1.807) is 0 Å². The zero-order valence-electron chi connectivity index (χ0n) is 8.07. The quantitative estimate of drug-likeness (QED) is 0.582. The minimum Gasteiger partial charge on any atom is -0.344 e. The minimum absolute atomic E-state index is 0.124. The van der Waals surface area contributed by atoms with Gasteiger partial charge >= 0.3 is 0 Å². The summed E-state index contributed by atoms with van der Waals surface area (Å²) in [5, 5.41) is 0. The third-order valence-corrected chi connectivity index (χ3v) is 3.01. The highest BCUT2D eigenvalue weighted by Gasteiger charge is 2.37. The molecule has 2 rings (SSSR count). The first-order valence-electron chi connectivity index (χ1n) is 4.93. The van der Waals surface area contributed by atoms with Crippen LogP contribution in [0.15, 0.2) is 0 Å².